The van der Waals surface area contributed by atoms with Crippen LogP contribution in [-0.2, 0) is 5.41 Å². The fourth-order valence-electron chi connectivity index (χ4n) is 1.32. The van der Waals surface area contributed by atoms with Crippen LogP contribution in [-0.4, -0.2) is 22.8 Å². The van der Waals surface area contributed by atoms with E-state index in [4.69, 9.17) is 10.2 Å². The van der Waals surface area contributed by atoms with Crippen LogP contribution in [0.25, 0.3) is 0 Å². The lowest BCUT2D eigenvalue weighted by molar-refractivity contribution is 0.0691. The van der Waals surface area contributed by atoms with E-state index in [1.54, 1.807) is 0 Å². The summed E-state index contributed by atoms with van der Waals surface area (Å²) in [6.07, 6.45) is 0. The number of benzene rings is 1. The number of carboxylic acids is 1. The zero-order chi connectivity index (χ0) is 12.5. The minimum absolute atomic E-state index is 0.0196. The predicted molar refractivity (Wildman–Crippen MR) is 53.4 cm³/mol. The summed E-state index contributed by atoms with van der Waals surface area (Å²) < 4.78 is 26.5. The summed E-state index contributed by atoms with van der Waals surface area (Å²) in [6, 6.07) is 1.44. The molecule has 0 amide bonds. The minimum Gasteiger partial charge on any atom is -0.478 e. The fourth-order valence-corrected chi connectivity index (χ4v) is 1.32. The van der Waals surface area contributed by atoms with E-state index in [-0.39, 0.29) is 12.2 Å². The average molecular weight is 230 g/mol. The van der Waals surface area contributed by atoms with Crippen molar-refractivity contribution in [1.29, 1.82) is 0 Å². The van der Waals surface area contributed by atoms with Crippen LogP contribution in [0.4, 0.5) is 8.78 Å². The molecule has 0 radical (unpaired) electrons. The molecule has 1 aromatic rings. The first-order valence-electron chi connectivity index (χ1n) is 4.63. The Bertz CT molecular complexity index is 427. The van der Waals surface area contributed by atoms with Crippen LogP contribution in [0.1, 0.15) is 29.8 Å². The summed E-state index contributed by atoms with van der Waals surface area (Å²) in [5, 5.41) is 17.8. The average Bonchev–Trinajstić information content (AvgIpc) is 2.16. The van der Waals surface area contributed by atoms with Gasteiger partial charge in [-0.2, -0.15) is 0 Å². The summed E-state index contributed by atoms with van der Waals surface area (Å²) in [7, 11) is 0. The van der Waals surface area contributed by atoms with Gasteiger partial charge in [-0.3, -0.25) is 0 Å². The summed E-state index contributed by atoms with van der Waals surface area (Å²) in [6.45, 7) is 2.71. The van der Waals surface area contributed by atoms with Gasteiger partial charge in [-0.15, -0.1) is 0 Å². The SMILES string of the molecule is CC(C)(CO)c1cc(C(=O)O)c(F)cc1F. The number of aromatic carboxylic acids is 1. The highest BCUT2D eigenvalue weighted by atomic mass is 19.1. The molecule has 88 valence electrons. The molecule has 5 heteroatoms. The third-order valence-electron chi connectivity index (χ3n) is 2.41. The lowest BCUT2D eigenvalue weighted by atomic mass is 9.84. The van der Waals surface area contributed by atoms with E-state index in [2.05, 4.69) is 0 Å². The van der Waals surface area contributed by atoms with Gasteiger partial charge < -0.3 is 10.2 Å². The molecule has 0 aliphatic rings. The number of carboxylic acid groups (broad SMARTS) is 1. The molecule has 2 N–H and O–H groups in total. The molecular formula is C11H12F2O3. The van der Waals surface area contributed by atoms with Gasteiger partial charge in [0.05, 0.1) is 12.2 Å². The van der Waals surface area contributed by atoms with E-state index in [1.165, 1.54) is 13.8 Å². The minimum atomic E-state index is -1.47. The maximum atomic E-state index is 13.4. The van der Waals surface area contributed by atoms with Gasteiger partial charge in [0.2, 0.25) is 0 Å². The van der Waals surface area contributed by atoms with E-state index in [0.717, 1.165) is 6.07 Å². The van der Waals surface area contributed by atoms with E-state index in [0.29, 0.717) is 6.07 Å². The lowest BCUT2D eigenvalue weighted by Crippen LogP contribution is -2.24. The molecule has 16 heavy (non-hydrogen) atoms. The van der Waals surface area contributed by atoms with Crippen LogP contribution < -0.4 is 0 Å². The Kier molecular flexibility index (Phi) is 3.28. The second-order valence-corrected chi connectivity index (χ2v) is 4.16. The van der Waals surface area contributed by atoms with Crippen molar-refractivity contribution in [1.82, 2.24) is 0 Å². The van der Waals surface area contributed by atoms with Crippen LogP contribution >= 0.6 is 0 Å². The number of halogens is 2. The normalized spacial score (nSPS) is 11.6. The number of carbonyl (C=O) groups is 1. The van der Waals surface area contributed by atoms with E-state index in [9.17, 15) is 13.6 Å². The molecule has 0 unspecified atom stereocenters. The largest absolute Gasteiger partial charge is 0.478 e. The van der Waals surface area contributed by atoms with Gasteiger partial charge in [0, 0.05) is 11.5 Å². The van der Waals surface area contributed by atoms with Crippen molar-refractivity contribution in [2.75, 3.05) is 6.61 Å². The summed E-state index contributed by atoms with van der Waals surface area (Å²) in [4.78, 5) is 10.7. The Morgan fingerprint density at radius 1 is 1.31 bits per heavy atom. The lowest BCUT2D eigenvalue weighted by Gasteiger charge is -2.23. The molecule has 0 saturated carbocycles. The van der Waals surface area contributed by atoms with Gasteiger partial charge in [-0.1, -0.05) is 13.8 Å². The number of aliphatic hydroxyl groups is 1. The maximum Gasteiger partial charge on any atom is 0.338 e. The highest BCUT2D eigenvalue weighted by molar-refractivity contribution is 5.88. The fraction of sp³-hybridized carbons (Fsp3) is 0.364. The quantitative estimate of drug-likeness (QED) is 0.834. The maximum absolute atomic E-state index is 13.4. The van der Waals surface area contributed by atoms with Gasteiger partial charge in [0.1, 0.15) is 11.6 Å². The summed E-state index contributed by atoms with van der Waals surface area (Å²) in [5.74, 6) is -3.45. The van der Waals surface area contributed by atoms with Gasteiger partial charge >= 0.3 is 5.97 Å². The molecule has 1 aromatic carbocycles. The van der Waals surface area contributed by atoms with Crippen molar-refractivity contribution in [2.45, 2.75) is 19.3 Å². The molecular weight excluding hydrogens is 218 g/mol. The predicted octanol–water partition coefficient (Wildman–Crippen LogP) is 1.93. The van der Waals surface area contributed by atoms with Gasteiger partial charge in [-0.25, -0.2) is 13.6 Å². The van der Waals surface area contributed by atoms with Crippen LogP contribution in [0.5, 0.6) is 0 Å². The number of aliphatic hydroxyl groups excluding tert-OH is 1. The third-order valence-corrected chi connectivity index (χ3v) is 2.41. The number of rotatable bonds is 3. The molecule has 0 fully saturated rings. The number of hydrogen-bond donors (Lipinski definition) is 2. The molecule has 0 aliphatic heterocycles. The van der Waals surface area contributed by atoms with E-state index in [1.807, 2.05) is 0 Å². The van der Waals surface area contributed by atoms with Crippen molar-refractivity contribution < 1.29 is 23.8 Å². The number of hydrogen-bond acceptors (Lipinski definition) is 2. The van der Waals surface area contributed by atoms with Gasteiger partial charge in [-0.05, 0) is 11.6 Å². The van der Waals surface area contributed by atoms with Crippen molar-refractivity contribution in [3.8, 4) is 0 Å². The van der Waals surface area contributed by atoms with Crippen LogP contribution in [0.15, 0.2) is 12.1 Å². The first kappa shape index (κ1) is 12.6. The van der Waals surface area contributed by atoms with Gasteiger partial charge in [0.25, 0.3) is 0 Å². The Hall–Kier alpha value is -1.49. The second-order valence-electron chi connectivity index (χ2n) is 4.16. The Balaban J connectivity index is 3.42. The summed E-state index contributed by atoms with van der Waals surface area (Å²) >= 11 is 0. The Morgan fingerprint density at radius 2 is 1.88 bits per heavy atom. The molecule has 0 spiro atoms. The van der Waals surface area contributed by atoms with Crippen molar-refractivity contribution in [3.05, 3.63) is 34.9 Å². The topological polar surface area (TPSA) is 57.5 Å². The Labute approximate surface area is 91.3 Å². The molecule has 3 nitrogen and oxygen atoms in total. The van der Waals surface area contributed by atoms with Crippen molar-refractivity contribution >= 4 is 5.97 Å². The Morgan fingerprint density at radius 3 is 2.31 bits per heavy atom. The molecule has 1 rings (SSSR count). The first-order valence-corrected chi connectivity index (χ1v) is 4.63. The van der Waals surface area contributed by atoms with Gasteiger partial charge in [0.15, 0.2) is 0 Å². The van der Waals surface area contributed by atoms with Crippen LogP contribution in [0.2, 0.25) is 0 Å². The zero-order valence-corrected chi connectivity index (χ0v) is 8.92. The molecule has 0 heterocycles. The highest BCUT2D eigenvalue weighted by Gasteiger charge is 2.26. The zero-order valence-electron chi connectivity index (χ0n) is 8.92. The molecule has 0 saturated heterocycles. The standard InChI is InChI=1S/C11H12F2O3/c1-11(2,5-14)7-3-6(10(15)16)8(12)4-9(7)13/h3-4,14H,5H2,1-2H3,(H,15,16). The van der Waals surface area contributed by atoms with E-state index < -0.39 is 28.6 Å². The smallest absolute Gasteiger partial charge is 0.338 e. The summed E-state index contributed by atoms with van der Waals surface area (Å²) in [5.41, 5.74) is -1.58. The molecule has 0 aliphatic carbocycles. The monoisotopic (exact) mass is 230 g/mol. The first-order chi connectivity index (χ1) is 7.29. The molecule has 0 aromatic heterocycles. The van der Waals surface area contributed by atoms with Crippen LogP contribution in [0.3, 0.4) is 0 Å². The molecule has 0 atom stereocenters. The van der Waals surface area contributed by atoms with Crippen molar-refractivity contribution in [3.63, 3.8) is 0 Å². The van der Waals surface area contributed by atoms with E-state index >= 15 is 0 Å². The van der Waals surface area contributed by atoms with Crippen molar-refractivity contribution in [2.24, 2.45) is 0 Å². The van der Waals surface area contributed by atoms with Crippen LogP contribution in [0, 0.1) is 11.6 Å². The molecule has 0 bridgehead atoms. The third kappa shape index (κ3) is 2.19. The second kappa shape index (κ2) is 4.17. The highest BCUT2D eigenvalue weighted by Crippen LogP contribution is 2.27.